The molecule has 3 aromatic rings. The van der Waals surface area contributed by atoms with Crippen molar-refractivity contribution in [2.75, 3.05) is 31.7 Å². The molecule has 1 aromatic heterocycles. The number of nitrogens with two attached hydrogens (primary N) is 1. The molecule has 8 nitrogen and oxygen atoms in total. The Kier molecular flexibility index (Phi) is 4.82. The third-order valence-electron chi connectivity index (χ3n) is 5.44. The molecular weight excluding hydrogens is 370 g/mol. The average molecular weight is 391 g/mol. The van der Waals surface area contributed by atoms with Gasteiger partial charge in [0.1, 0.15) is 11.8 Å². The Hall–Kier alpha value is -3.57. The third-order valence-corrected chi connectivity index (χ3v) is 5.44. The second kappa shape index (κ2) is 7.45. The van der Waals surface area contributed by atoms with E-state index in [9.17, 15) is 15.2 Å². The van der Waals surface area contributed by atoms with E-state index in [2.05, 4.69) is 20.9 Å². The molecule has 0 bridgehead atoms. The zero-order valence-electron chi connectivity index (χ0n) is 16.0. The molecular formula is C21H21N5O3. The predicted molar refractivity (Wildman–Crippen MR) is 109 cm³/mol. The lowest BCUT2D eigenvalue weighted by Gasteiger charge is -2.23. The maximum Gasteiger partial charge on any atom is 0.253 e. The maximum absolute atomic E-state index is 12.3. The summed E-state index contributed by atoms with van der Waals surface area (Å²) in [7, 11) is 1.52. The van der Waals surface area contributed by atoms with Gasteiger partial charge in [0.05, 0.1) is 41.3 Å². The Morgan fingerprint density at radius 2 is 2.31 bits per heavy atom. The summed E-state index contributed by atoms with van der Waals surface area (Å²) in [6.45, 7) is 1.46. The Bertz CT molecular complexity index is 1130. The quantitative estimate of drug-likeness (QED) is 0.610. The molecule has 4 rings (SSSR count). The van der Waals surface area contributed by atoms with Crippen LogP contribution in [0.2, 0.25) is 0 Å². The summed E-state index contributed by atoms with van der Waals surface area (Å²) in [5.74, 6) is 0.109. The van der Waals surface area contributed by atoms with Crippen LogP contribution in [0.3, 0.4) is 0 Å². The monoisotopic (exact) mass is 391 g/mol. The van der Waals surface area contributed by atoms with Gasteiger partial charge in [-0.3, -0.25) is 4.79 Å². The molecule has 1 aliphatic rings. The van der Waals surface area contributed by atoms with Crippen LogP contribution < -0.4 is 15.4 Å². The van der Waals surface area contributed by atoms with Crippen molar-refractivity contribution in [2.24, 2.45) is 11.7 Å². The van der Waals surface area contributed by atoms with Crippen molar-refractivity contribution < 1.29 is 14.6 Å². The van der Waals surface area contributed by atoms with Crippen molar-refractivity contribution in [1.82, 2.24) is 9.97 Å². The fourth-order valence-corrected chi connectivity index (χ4v) is 3.98. The van der Waals surface area contributed by atoms with Crippen LogP contribution in [-0.4, -0.2) is 47.8 Å². The van der Waals surface area contributed by atoms with Crippen molar-refractivity contribution in [3.05, 3.63) is 41.7 Å². The molecule has 2 heterocycles. The molecule has 0 saturated carbocycles. The van der Waals surface area contributed by atoms with Gasteiger partial charge in [0.15, 0.2) is 0 Å². The van der Waals surface area contributed by atoms with Gasteiger partial charge < -0.3 is 25.5 Å². The summed E-state index contributed by atoms with van der Waals surface area (Å²) in [5, 5.41) is 19.0. The van der Waals surface area contributed by atoms with Crippen LogP contribution in [0.15, 0.2) is 30.6 Å². The van der Waals surface area contributed by atoms with Crippen LogP contribution in [0.4, 0.5) is 5.69 Å². The van der Waals surface area contributed by atoms with Crippen molar-refractivity contribution in [3.63, 3.8) is 0 Å². The molecule has 4 N–H and O–H groups in total. The smallest absolute Gasteiger partial charge is 0.253 e. The van der Waals surface area contributed by atoms with E-state index in [0.717, 1.165) is 24.1 Å². The number of ether oxygens (including phenoxy) is 1. The van der Waals surface area contributed by atoms with E-state index in [1.807, 2.05) is 12.1 Å². The number of amides is 1. The van der Waals surface area contributed by atoms with E-state index in [4.69, 9.17) is 10.5 Å². The van der Waals surface area contributed by atoms with E-state index in [1.165, 1.54) is 13.4 Å². The molecule has 1 fully saturated rings. The van der Waals surface area contributed by atoms with E-state index >= 15 is 0 Å². The Morgan fingerprint density at radius 1 is 1.48 bits per heavy atom. The molecule has 0 unspecified atom stereocenters. The van der Waals surface area contributed by atoms with Gasteiger partial charge in [-0.15, -0.1) is 0 Å². The largest absolute Gasteiger partial charge is 0.495 e. The molecule has 1 saturated heterocycles. The van der Waals surface area contributed by atoms with Crippen molar-refractivity contribution in [2.45, 2.75) is 6.42 Å². The number of carbonyl (C=O) groups is 1. The average Bonchev–Trinajstić information content (AvgIpc) is 3.41. The summed E-state index contributed by atoms with van der Waals surface area (Å²) in [4.78, 5) is 21.8. The number of primary amides is 1. The van der Waals surface area contributed by atoms with Gasteiger partial charge >= 0.3 is 0 Å². The summed E-state index contributed by atoms with van der Waals surface area (Å²) >= 11 is 0. The van der Waals surface area contributed by atoms with Gasteiger partial charge in [-0.1, -0.05) is 6.07 Å². The van der Waals surface area contributed by atoms with Gasteiger partial charge in [-0.25, -0.2) is 4.98 Å². The number of imidazole rings is 1. The number of nitriles is 1. The van der Waals surface area contributed by atoms with Crippen LogP contribution in [-0.2, 0) is 0 Å². The Labute approximate surface area is 167 Å². The number of aliphatic hydroxyl groups is 1. The second-order valence-electron chi connectivity index (χ2n) is 7.12. The zero-order chi connectivity index (χ0) is 20.5. The van der Waals surface area contributed by atoms with Gasteiger partial charge in [0.25, 0.3) is 5.91 Å². The normalized spacial score (nSPS) is 16.2. The summed E-state index contributed by atoms with van der Waals surface area (Å²) in [5.41, 5.74) is 9.96. The number of aliphatic hydroxyl groups excluding tert-OH is 1. The van der Waals surface area contributed by atoms with Gasteiger partial charge in [-0.2, -0.15) is 5.26 Å². The molecule has 29 heavy (non-hydrogen) atoms. The van der Waals surface area contributed by atoms with E-state index in [0.29, 0.717) is 40.1 Å². The number of nitrogens with zero attached hydrogens (tertiary/aromatic N) is 3. The highest BCUT2D eigenvalue weighted by molar-refractivity contribution is 6.12. The lowest BCUT2D eigenvalue weighted by Crippen LogP contribution is -2.25. The SMILES string of the molecule is COc1ccc(-c2cc(N3CC[C@H](CO)C3)c(C(N)=O)c3[nH]cnc23)cc1C#N. The molecule has 1 amide bonds. The number of H-pyrrole nitrogens is 1. The first-order valence-electron chi connectivity index (χ1n) is 9.31. The fraction of sp³-hybridized carbons (Fsp3) is 0.286. The Morgan fingerprint density at radius 3 is 2.97 bits per heavy atom. The highest BCUT2D eigenvalue weighted by atomic mass is 16.5. The number of nitrogens with one attached hydrogen (secondary N) is 1. The summed E-state index contributed by atoms with van der Waals surface area (Å²) in [6.07, 6.45) is 2.37. The van der Waals surface area contributed by atoms with Crippen LogP contribution in [0, 0.1) is 17.2 Å². The topological polar surface area (TPSA) is 128 Å². The zero-order valence-corrected chi connectivity index (χ0v) is 16.0. The lowest BCUT2D eigenvalue weighted by molar-refractivity contribution is 0.100. The number of hydrogen-bond acceptors (Lipinski definition) is 6. The lowest BCUT2D eigenvalue weighted by atomic mass is 9.97. The number of hydrogen-bond donors (Lipinski definition) is 3. The molecule has 0 spiro atoms. The number of carbonyl (C=O) groups excluding carboxylic acids is 1. The van der Waals surface area contributed by atoms with Crippen LogP contribution >= 0.6 is 0 Å². The minimum absolute atomic E-state index is 0.103. The first kappa shape index (κ1) is 18.8. The number of fused-ring (bicyclic) bond motifs is 1. The van der Waals surface area contributed by atoms with Crippen molar-refractivity contribution in [1.29, 1.82) is 5.26 Å². The van der Waals surface area contributed by atoms with Gasteiger partial charge in [-0.05, 0) is 30.2 Å². The number of aromatic nitrogens is 2. The third kappa shape index (κ3) is 3.15. The fourth-order valence-electron chi connectivity index (χ4n) is 3.98. The van der Waals surface area contributed by atoms with Crippen LogP contribution in [0.25, 0.3) is 22.2 Å². The van der Waals surface area contributed by atoms with Crippen molar-refractivity contribution in [3.8, 4) is 22.9 Å². The number of anilines is 1. The maximum atomic E-state index is 12.3. The highest BCUT2D eigenvalue weighted by Crippen LogP contribution is 2.38. The Balaban J connectivity index is 1.94. The molecule has 1 aliphatic heterocycles. The summed E-state index contributed by atoms with van der Waals surface area (Å²) < 4.78 is 5.24. The predicted octanol–water partition coefficient (Wildman–Crippen LogP) is 2.03. The minimum atomic E-state index is -0.541. The first-order chi connectivity index (χ1) is 14.1. The number of rotatable bonds is 5. The minimum Gasteiger partial charge on any atom is -0.495 e. The van der Waals surface area contributed by atoms with Crippen LogP contribution in [0.5, 0.6) is 5.75 Å². The molecule has 1 atom stereocenters. The van der Waals surface area contributed by atoms with Crippen LogP contribution in [0.1, 0.15) is 22.3 Å². The standard InChI is InChI=1S/C21H21N5O3/c1-29-17-3-2-13(6-14(17)8-22)15-7-16(26-5-4-12(9-26)10-27)18(21(23)28)20-19(15)24-11-25-20/h2-3,6-7,11-12,27H,4-5,9-10H2,1H3,(H2,23,28)(H,24,25)/t12-/m0/s1. The highest BCUT2D eigenvalue weighted by Gasteiger charge is 2.28. The molecule has 0 radical (unpaired) electrons. The van der Waals surface area contributed by atoms with E-state index in [1.54, 1.807) is 12.1 Å². The van der Waals surface area contributed by atoms with E-state index < -0.39 is 5.91 Å². The number of aromatic amines is 1. The first-order valence-corrected chi connectivity index (χ1v) is 9.31. The summed E-state index contributed by atoms with van der Waals surface area (Å²) in [6, 6.07) is 9.39. The molecule has 8 heteroatoms. The number of methoxy groups -OCH3 is 1. The van der Waals surface area contributed by atoms with Gasteiger partial charge in [0.2, 0.25) is 0 Å². The molecule has 148 valence electrons. The molecule has 2 aromatic carbocycles. The van der Waals surface area contributed by atoms with Gasteiger partial charge in [0, 0.05) is 31.2 Å². The molecule has 0 aliphatic carbocycles. The van der Waals surface area contributed by atoms with Crippen molar-refractivity contribution >= 4 is 22.6 Å². The van der Waals surface area contributed by atoms with E-state index in [-0.39, 0.29) is 12.5 Å². The number of benzene rings is 2. The second-order valence-corrected chi connectivity index (χ2v) is 7.12.